The van der Waals surface area contributed by atoms with Crippen LogP contribution in [0.15, 0.2) is 9.98 Å². The molecule has 1 aromatic heterocycles. The van der Waals surface area contributed by atoms with Crippen molar-refractivity contribution < 1.29 is 9.90 Å². The topological polar surface area (TPSA) is 50.2 Å². The first kappa shape index (κ1) is 9.15. The number of hydrogen-bond acceptors (Lipinski definition) is 3. The zero-order chi connectivity index (χ0) is 9.47. The van der Waals surface area contributed by atoms with Crippen LogP contribution in [0.1, 0.15) is 17.8 Å². The minimum Gasteiger partial charge on any atom is -0.481 e. The molecule has 0 amide bonds. The Balaban J connectivity index is 2.10. The SMILES string of the molecule is O=C(O)C1(Cc2ncc(Br)s2)CC1. The van der Waals surface area contributed by atoms with Gasteiger partial charge in [-0.05, 0) is 28.8 Å². The third-order valence-electron chi connectivity index (χ3n) is 2.32. The van der Waals surface area contributed by atoms with Crippen LogP contribution in [0.5, 0.6) is 0 Å². The molecule has 1 aromatic rings. The van der Waals surface area contributed by atoms with E-state index in [1.54, 1.807) is 6.20 Å². The number of carbonyl (C=O) groups is 1. The lowest BCUT2D eigenvalue weighted by Gasteiger charge is -2.05. The molecule has 1 N–H and O–H groups in total. The van der Waals surface area contributed by atoms with Gasteiger partial charge in [0.05, 0.1) is 20.4 Å². The van der Waals surface area contributed by atoms with Gasteiger partial charge in [-0.25, -0.2) is 4.98 Å². The molecule has 5 heteroatoms. The molecule has 0 aliphatic heterocycles. The molecule has 13 heavy (non-hydrogen) atoms. The quantitative estimate of drug-likeness (QED) is 0.909. The van der Waals surface area contributed by atoms with Crippen LogP contribution >= 0.6 is 27.3 Å². The van der Waals surface area contributed by atoms with Gasteiger partial charge in [0.2, 0.25) is 0 Å². The van der Waals surface area contributed by atoms with Gasteiger partial charge in [0.1, 0.15) is 0 Å². The minimum atomic E-state index is -0.682. The molecule has 2 rings (SSSR count). The molecule has 0 atom stereocenters. The van der Waals surface area contributed by atoms with Crippen molar-refractivity contribution >= 4 is 33.2 Å². The van der Waals surface area contributed by atoms with E-state index in [-0.39, 0.29) is 0 Å². The zero-order valence-electron chi connectivity index (χ0n) is 6.79. The predicted molar refractivity (Wildman–Crippen MR) is 52.8 cm³/mol. The summed E-state index contributed by atoms with van der Waals surface area (Å²) in [6.45, 7) is 0. The number of halogens is 1. The third-order valence-corrected chi connectivity index (χ3v) is 3.80. The number of hydrogen-bond donors (Lipinski definition) is 1. The lowest BCUT2D eigenvalue weighted by Crippen LogP contribution is -2.17. The molecule has 0 bridgehead atoms. The fourth-order valence-corrected chi connectivity index (χ4v) is 2.72. The van der Waals surface area contributed by atoms with Crippen molar-refractivity contribution in [2.45, 2.75) is 19.3 Å². The molecular weight excluding hydrogens is 254 g/mol. The summed E-state index contributed by atoms with van der Waals surface area (Å²) in [5, 5.41) is 9.85. The number of rotatable bonds is 3. The summed E-state index contributed by atoms with van der Waals surface area (Å²) in [5.41, 5.74) is -0.489. The van der Waals surface area contributed by atoms with Crippen LogP contribution in [-0.4, -0.2) is 16.1 Å². The summed E-state index contributed by atoms with van der Waals surface area (Å²) >= 11 is 4.82. The second kappa shape index (κ2) is 3.06. The Morgan fingerprint density at radius 3 is 2.85 bits per heavy atom. The normalized spacial score (nSPS) is 18.5. The Morgan fingerprint density at radius 1 is 1.77 bits per heavy atom. The van der Waals surface area contributed by atoms with Crippen molar-refractivity contribution in [3.05, 3.63) is 15.0 Å². The molecule has 1 saturated carbocycles. The van der Waals surface area contributed by atoms with E-state index in [4.69, 9.17) is 5.11 Å². The smallest absolute Gasteiger partial charge is 0.310 e. The van der Waals surface area contributed by atoms with E-state index in [9.17, 15) is 4.79 Å². The maximum absolute atomic E-state index is 10.9. The standard InChI is InChI=1S/C8H8BrNO2S/c9-5-4-10-6(13-5)3-8(1-2-8)7(11)12/h4H,1-3H2,(H,11,12). The number of nitrogens with zero attached hydrogens (tertiary/aromatic N) is 1. The number of carboxylic acid groups (broad SMARTS) is 1. The van der Waals surface area contributed by atoms with Gasteiger partial charge in [0, 0.05) is 6.42 Å². The van der Waals surface area contributed by atoms with E-state index in [1.807, 2.05) is 0 Å². The van der Waals surface area contributed by atoms with Crippen molar-refractivity contribution in [3.63, 3.8) is 0 Å². The Kier molecular flexibility index (Phi) is 2.15. The molecule has 0 unspecified atom stereocenters. The summed E-state index contributed by atoms with van der Waals surface area (Å²) in [6.07, 6.45) is 3.88. The molecule has 1 heterocycles. The maximum atomic E-state index is 10.9. The summed E-state index contributed by atoms with van der Waals surface area (Å²) in [7, 11) is 0. The number of carboxylic acids is 1. The second-order valence-corrected chi connectivity index (χ2v) is 5.81. The number of thiazole rings is 1. The molecule has 0 radical (unpaired) electrons. The lowest BCUT2D eigenvalue weighted by molar-refractivity contribution is -0.143. The van der Waals surface area contributed by atoms with Crippen LogP contribution in [0.2, 0.25) is 0 Å². The van der Waals surface area contributed by atoms with Gasteiger partial charge >= 0.3 is 5.97 Å². The van der Waals surface area contributed by atoms with E-state index in [1.165, 1.54) is 11.3 Å². The van der Waals surface area contributed by atoms with Gasteiger partial charge < -0.3 is 5.11 Å². The average molecular weight is 262 g/mol. The molecular formula is C8H8BrNO2S. The first-order chi connectivity index (χ1) is 6.12. The van der Waals surface area contributed by atoms with Crippen molar-refractivity contribution in [1.29, 1.82) is 0 Å². The van der Waals surface area contributed by atoms with Crippen molar-refractivity contribution in [2.75, 3.05) is 0 Å². The van der Waals surface area contributed by atoms with Crippen LogP contribution in [0.25, 0.3) is 0 Å². The number of aromatic nitrogens is 1. The van der Waals surface area contributed by atoms with Gasteiger partial charge in [-0.2, -0.15) is 0 Å². The van der Waals surface area contributed by atoms with Crippen molar-refractivity contribution in [2.24, 2.45) is 5.41 Å². The largest absolute Gasteiger partial charge is 0.481 e. The molecule has 1 fully saturated rings. The Morgan fingerprint density at radius 2 is 2.46 bits per heavy atom. The highest BCUT2D eigenvalue weighted by Gasteiger charge is 2.50. The highest BCUT2D eigenvalue weighted by Crippen LogP contribution is 2.49. The third kappa shape index (κ3) is 1.76. The molecule has 70 valence electrons. The molecule has 1 aliphatic carbocycles. The van der Waals surface area contributed by atoms with Crippen LogP contribution in [-0.2, 0) is 11.2 Å². The molecule has 0 aromatic carbocycles. The highest BCUT2D eigenvalue weighted by molar-refractivity contribution is 9.11. The van der Waals surface area contributed by atoms with E-state index in [0.29, 0.717) is 6.42 Å². The van der Waals surface area contributed by atoms with Crippen molar-refractivity contribution in [3.8, 4) is 0 Å². The van der Waals surface area contributed by atoms with Crippen molar-refractivity contribution in [1.82, 2.24) is 4.98 Å². The van der Waals surface area contributed by atoms with E-state index in [2.05, 4.69) is 20.9 Å². The molecule has 0 saturated heterocycles. The Bertz CT molecular complexity index is 346. The molecule has 3 nitrogen and oxygen atoms in total. The molecule has 0 spiro atoms. The summed E-state index contributed by atoms with van der Waals surface area (Å²) in [5.74, 6) is -0.682. The fraction of sp³-hybridized carbons (Fsp3) is 0.500. The zero-order valence-corrected chi connectivity index (χ0v) is 9.19. The summed E-state index contributed by atoms with van der Waals surface area (Å²) in [4.78, 5) is 15.0. The van der Waals surface area contributed by atoms with Crippen LogP contribution in [0, 0.1) is 5.41 Å². The first-order valence-electron chi connectivity index (χ1n) is 3.96. The van der Waals surface area contributed by atoms with Gasteiger partial charge in [-0.15, -0.1) is 11.3 Å². The first-order valence-corrected chi connectivity index (χ1v) is 5.57. The fourth-order valence-electron chi connectivity index (χ4n) is 1.28. The summed E-state index contributed by atoms with van der Waals surface area (Å²) < 4.78 is 0.962. The monoisotopic (exact) mass is 261 g/mol. The Hall–Kier alpha value is -0.420. The van der Waals surface area contributed by atoms with Gasteiger partial charge in [0.15, 0.2) is 0 Å². The van der Waals surface area contributed by atoms with E-state index < -0.39 is 11.4 Å². The van der Waals surface area contributed by atoms with E-state index in [0.717, 1.165) is 21.6 Å². The summed E-state index contributed by atoms with van der Waals surface area (Å²) in [6, 6.07) is 0. The van der Waals surface area contributed by atoms with E-state index >= 15 is 0 Å². The van der Waals surface area contributed by atoms with Crippen LogP contribution in [0.3, 0.4) is 0 Å². The Labute approximate surface area is 87.9 Å². The average Bonchev–Trinajstić information content (AvgIpc) is 2.72. The maximum Gasteiger partial charge on any atom is 0.310 e. The van der Waals surface area contributed by atoms with Crippen LogP contribution in [0.4, 0.5) is 0 Å². The van der Waals surface area contributed by atoms with Gasteiger partial charge in [-0.1, -0.05) is 0 Å². The van der Waals surface area contributed by atoms with Gasteiger partial charge in [-0.3, -0.25) is 4.79 Å². The second-order valence-electron chi connectivity index (χ2n) is 3.32. The highest BCUT2D eigenvalue weighted by atomic mass is 79.9. The van der Waals surface area contributed by atoms with Gasteiger partial charge in [0.25, 0.3) is 0 Å². The van der Waals surface area contributed by atoms with Crippen LogP contribution < -0.4 is 0 Å². The number of aliphatic carboxylic acids is 1. The predicted octanol–water partition coefficient (Wildman–Crippen LogP) is 2.31. The molecule has 1 aliphatic rings. The lowest BCUT2D eigenvalue weighted by atomic mass is 10.0. The minimum absolute atomic E-state index is 0.489.